The zero-order valence-electron chi connectivity index (χ0n) is 24.0. The van der Waals surface area contributed by atoms with E-state index < -0.39 is 23.0 Å². The molecule has 0 radical (unpaired) electrons. The van der Waals surface area contributed by atoms with Crippen LogP contribution in [-0.2, 0) is 0 Å². The van der Waals surface area contributed by atoms with E-state index in [9.17, 15) is 18.4 Å². The third-order valence-corrected chi connectivity index (χ3v) is 6.43. The number of pyridine rings is 1. The molecule has 43 heavy (non-hydrogen) atoms. The summed E-state index contributed by atoms with van der Waals surface area (Å²) in [5.41, 5.74) is 8.67. The highest BCUT2D eigenvalue weighted by molar-refractivity contribution is 6.07. The Balaban J connectivity index is 1.91. The van der Waals surface area contributed by atoms with Gasteiger partial charge in [-0.2, -0.15) is 0 Å². The van der Waals surface area contributed by atoms with Gasteiger partial charge in [0.1, 0.15) is 34.4 Å². The molecule has 0 aliphatic heterocycles. The van der Waals surface area contributed by atoms with Crippen molar-refractivity contribution >= 4 is 22.5 Å². The lowest BCUT2D eigenvalue weighted by Crippen LogP contribution is -2.35. The summed E-state index contributed by atoms with van der Waals surface area (Å²) >= 11 is 0. The van der Waals surface area contributed by atoms with Gasteiger partial charge in [-0.25, -0.2) is 8.78 Å². The third-order valence-electron chi connectivity index (χ3n) is 6.43. The minimum Gasteiger partial charge on any atom is -0.494 e. The van der Waals surface area contributed by atoms with Gasteiger partial charge in [0.05, 0.1) is 31.0 Å². The molecule has 224 valence electrons. The molecular weight excluding hydrogens is 560 g/mol. The number of benzene rings is 3. The van der Waals surface area contributed by atoms with Crippen LogP contribution in [0.3, 0.4) is 0 Å². The van der Waals surface area contributed by atoms with Crippen LogP contribution < -0.4 is 24.5 Å². The van der Waals surface area contributed by atoms with Crippen molar-refractivity contribution in [2.45, 2.75) is 27.2 Å². The maximum Gasteiger partial charge on any atom is 0.263 e. The Bertz CT molecular complexity index is 1690. The van der Waals surface area contributed by atoms with Gasteiger partial charge in [-0.15, -0.1) is 0 Å². The summed E-state index contributed by atoms with van der Waals surface area (Å²) in [5, 5.41) is 3.71. The van der Waals surface area contributed by atoms with E-state index in [0.29, 0.717) is 54.2 Å². The number of ether oxygens (including phenoxy) is 3. The smallest absolute Gasteiger partial charge is 0.263 e. The van der Waals surface area contributed by atoms with Crippen LogP contribution in [0.4, 0.5) is 14.5 Å². The summed E-state index contributed by atoms with van der Waals surface area (Å²) in [5.74, 6) is -0.937. The van der Waals surface area contributed by atoms with Crippen LogP contribution in [0.1, 0.15) is 37.6 Å². The Hall–Kier alpha value is -5.09. The number of rotatable bonds is 13. The summed E-state index contributed by atoms with van der Waals surface area (Å²) < 4.78 is 47.1. The Morgan fingerprint density at radius 3 is 2.21 bits per heavy atom. The van der Waals surface area contributed by atoms with Gasteiger partial charge in [0, 0.05) is 65.6 Å². The van der Waals surface area contributed by atoms with Crippen molar-refractivity contribution in [1.29, 1.82) is 0 Å². The fraction of sp³-hybridized carbons (Fsp3) is 0.290. The van der Waals surface area contributed by atoms with Gasteiger partial charge in [0.25, 0.3) is 5.91 Å². The quantitative estimate of drug-likeness (QED) is 0.0732. The number of nitrogens with zero attached hydrogens (tertiary/aromatic N) is 5. The van der Waals surface area contributed by atoms with Crippen molar-refractivity contribution in [3.05, 3.63) is 98.7 Å². The van der Waals surface area contributed by atoms with E-state index in [4.69, 9.17) is 19.7 Å². The topological polar surface area (TPSA) is 119 Å². The van der Waals surface area contributed by atoms with Crippen LogP contribution in [0.15, 0.2) is 70.7 Å². The molecule has 12 heteroatoms. The lowest BCUT2D eigenvalue weighted by molar-refractivity contribution is 0.0987. The zero-order chi connectivity index (χ0) is 30.9. The molecule has 4 aromatic rings. The highest BCUT2D eigenvalue weighted by Gasteiger charge is 2.24. The number of halogens is 2. The largest absolute Gasteiger partial charge is 0.494 e. The summed E-state index contributed by atoms with van der Waals surface area (Å²) in [6, 6.07) is 12.9. The van der Waals surface area contributed by atoms with E-state index in [-0.39, 0.29) is 36.3 Å². The van der Waals surface area contributed by atoms with Crippen LogP contribution >= 0.6 is 0 Å². The molecule has 4 rings (SSSR count). The van der Waals surface area contributed by atoms with Crippen LogP contribution in [0, 0.1) is 11.6 Å². The molecule has 10 nitrogen and oxygen atoms in total. The summed E-state index contributed by atoms with van der Waals surface area (Å²) in [7, 11) is 0. The predicted octanol–water partition coefficient (Wildman–Crippen LogP) is 6.81. The Morgan fingerprint density at radius 2 is 1.60 bits per heavy atom. The molecular formula is C31H31F2N5O5. The Kier molecular flexibility index (Phi) is 10.2. The maximum absolute atomic E-state index is 14.1. The molecule has 0 spiro atoms. The van der Waals surface area contributed by atoms with Crippen molar-refractivity contribution < 1.29 is 27.8 Å². The molecule has 1 aromatic heterocycles. The minimum absolute atomic E-state index is 0.0162. The van der Waals surface area contributed by atoms with E-state index >= 15 is 0 Å². The number of carbonyl (C=O) groups is 1. The molecule has 0 unspecified atom stereocenters. The fourth-order valence-corrected chi connectivity index (χ4v) is 4.61. The molecule has 1 amide bonds. The number of hydrogen-bond acceptors (Lipinski definition) is 6. The van der Waals surface area contributed by atoms with E-state index in [2.05, 4.69) is 10.0 Å². The van der Waals surface area contributed by atoms with Gasteiger partial charge in [-0.3, -0.25) is 9.59 Å². The van der Waals surface area contributed by atoms with Crippen LogP contribution in [0.2, 0.25) is 0 Å². The first-order valence-corrected chi connectivity index (χ1v) is 13.8. The van der Waals surface area contributed by atoms with E-state index in [1.807, 2.05) is 13.8 Å². The second-order valence-corrected chi connectivity index (χ2v) is 9.28. The van der Waals surface area contributed by atoms with Gasteiger partial charge in [0.2, 0.25) is 5.43 Å². The predicted molar refractivity (Wildman–Crippen MR) is 160 cm³/mol. The first-order valence-electron chi connectivity index (χ1n) is 13.8. The first kappa shape index (κ1) is 30.9. The highest BCUT2D eigenvalue weighted by Crippen LogP contribution is 2.30. The highest BCUT2D eigenvalue weighted by atomic mass is 19.1. The molecule has 0 fully saturated rings. The molecule has 0 atom stereocenters. The molecule has 1 heterocycles. The second kappa shape index (κ2) is 14.2. The molecule has 0 N–H and O–H groups in total. The second-order valence-electron chi connectivity index (χ2n) is 9.28. The van der Waals surface area contributed by atoms with Crippen LogP contribution in [-0.4, -0.2) is 43.4 Å². The molecule has 3 aromatic carbocycles. The van der Waals surface area contributed by atoms with Crippen molar-refractivity contribution in [1.82, 2.24) is 4.57 Å². The van der Waals surface area contributed by atoms with Crippen molar-refractivity contribution in [3.63, 3.8) is 0 Å². The van der Waals surface area contributed by atoms with Crippen molar-refractivity contribution in [2.24, 2.45) is 5.11 Å². The Morgan fingerprint density at radius 1 is 0.930 bits per heavy atom. The molecule has 0 aliphatic rings. The summed E-state index contributed by atoms with van der Waals surface area (Å²) in [4.78, 5) is 31.5. The van der Waals surface area contributed by atoms with Gasteiger partial charge >= 0.3 is 0 Å². The number of aromatic nitrogens is 1. The average Bonchev–Trinajstić information content (AvgIpc) is 2.97. The number of carbonyl (C=O) groups excluding carboxylic acids is 1. The molecule has 0 saturated carbocycles. The lowest BCUT2D eigenvalue weighted by atomic mass is 10.1. The normalized spacial score (nSPS) is 10.7. The number of hydrogen-bond donors (Lipinski definition) is 0. The van der Waals surface area contributed by atoms with Gasteiger partial charge < -0.3 is 23.7 Å². The molecule has 0 saturated heterocycles. The maximum atomic E-state index is 14.1. The van der Waals surface area contributed by atoms with E-state index in [1.165, 1.54) is 6.20 Å². The monoisotopic (exact) mass is 591 g/mol. The van der Waals surface area contributed by atoms with Crippen molar-refractivity contribution in [2.75, 3.05) is 37.8 Å². The average molecular weight is 592 g/mol. The van der Waals surface area contributed by atoms with Crippen LogP contribution in [0.25, 0.3) is 27.0 Å². The van der Waals surface area contributed by atoms with Gasteiger partial charge in [0.15, 0.2) is 0 Å². The van der Waals surface area contributed by atoms with Gasteiger partial charge in [-0.05, 0) is 57.0 Å². The summed E-state index contributed by atoms with van der Waals surface area (Å²) in [6.07, 6.45) is 1.89. The van der Waals surface area contributed by atoms with E-state index in [0.717, 1.165) is 17.0 Å². The molecule has 0 aliphatic carbocycles. The number of azide groups is 1. The number of anilines is 1. The number of amides is 1. The number of fused-ring (bicyclic) bond motifs is 1. The third kappa shape index (κ3) is 7.22. The summed E-state index contributed by atoms with van der Waals surface area (Å²) in [6.45, 7) is 6.72. The standard InChI is InChI=1S/C31H31F2N5O5/c1-4-37(22-13-20(32)12-21(33)14-22)31(40)28-19-38(23-15-25(41-5-2)17-26(16-23)42-6-3)29-18-24(8-9-27(29)30(28)39)43-11-7-10-35-36-34/h8-9,12-19H,4-7,10-11H2,1-3H3. The van der Waals surface area contributed by atoms with Crippen molar-refractivity contribution in [3.8, 4) is 22.9 Å². The first-order chi connectivity index (χ1) is 20.8. The molecule has 0 bridgehead atoms. The van der Waals surface area contributed by atoms with E-state index in [1.54, 1.807) is 47.9 Å². The SMILES string of the molecule is CCOc1cc(OCC)cc(-n2cc(C(=O)N(CC)c3cc(F)cc(F)c3)c(=O)c3ccc(OCCCN=[N+]=[N-])cc32)c1. The minimum atomic E-state index is -0.847. The van der Waals surface area contributed by atoms with Gasteiger partial charge in [-0.1, -0.05) is 5.11 Å². The lowest BCUT2D eigenvalue weighted by Gasteiger charge is -2.22. The fourth-order valence-electron chi connectivity index (χ4n) is 4.61. The Labute approximate surface area is 246 Å². The van der Waals surface area contributed by atoms with Crippen LogP contribution in [0.5, 0.6) is 17.2 Å². The zero-order valence-corrected chi connectivity index (χ0v) is 24.0.